The average molecular weight is 319 g/mol. The van der Waals surface area contributed by atoms with E-state index < -0.39 is 0 Å². The number of benzene rings is 1. The number of aryl methyl sites for hydroxylation is 1. The number of halogens is 1. The molecular formula is C17H19ClN2O2. The molecule has 0 fully saturated rings. The zero-order chi connectivity index (χ0) is 15.8. The van der Waals surface area contributed by atoms with Gasteiger partial charge in [0.2, 0.25) is 5.91 Å². The zero-order valence-electron chi connectivity index (χ0n) is 12.5. The topological polar surface area (TPSA) is 51.2 Å². The lowest BCUT2D eigenvalue weighted by molar-refractivity contribution is -0.121. The number of hydrogen-bond donors (Lipinski definition) is 1. The Morgan fingerprint density at radius 2 is 1.91 bits per heavy atom. The van der Waals surface area contributed by atoms with Crippen molar-refractivity contribution in [3.8, 4) is 5.75 Å². The van der Waals surface area contributed by atoms with Crippen LogP contribution in [0.2, 0.25) is 5.02 Å². The Labute approximate surface area is 135 Å². The van der Waals surface area contributed by atoms with Crippen LogP contribution in [0.1, 0.15) is 18.9 Å². The largest absolute Gasteiger partial charge is 0.489 e. The Kier molecular flexibility index (Phi) is 6.22. The van der Waals surface area contributed by atoms with Crippen molar-refractivity contribution in [3.63, 3.8) is 0 Å². The van der Waals surface area contributed by atoms with Crippen LogP contribution in [0.5, 0.6) is 5.75 Å². The lowest BCUT2D eigenvalue weighted by Crippen LogP contribution is -2.33. The maximum Gasteiger partial charge on any atom is 0.220 e. The smallest absolute Gasteiger partial charge is 0.220 e. The van der Waals surface area contributed by atoms with Gasteiger partial charge in [-0.2, -0.15) is 0 Å². The fourth-order valence-corrected chi connectivity index (χ4v) is 2.07. The molecule has 1 N–H and O–H groups in total. The van der Waals surface area contributed by atoms with Crippen LogP contribution in [0.15, 0.2) is 48.8 Å². The molecule has 1 heterocycles. The van der Waals surface area contributed by atoms with Gasteiger partial charge in [0.1, 0.15) is 11.9 Å². The third-order valence-corrected chi connectivity index (χ3v) is 3.38. The van der Waals surface area contributed by atoms with E-state index in [9.17, 15) is 4.79 Å². The van der Waals surface area contributed by atoms with Crippen LogP contribution in [-0.2, 0) is 11.2 Å². The molecule has 2 rings (SSSR count). The van der Waals surface area contributed by atoms with Gasteiger partial charge in [0, 0.05) is 23.8 Å². The average Bonchev–Trinajstić information content (AvgIpc) is 2.54. The molecule has 0 bridgehead atoms. The fourth-order valence-electron chi connectivity index (χ4n) is 1.94. The van der Waals surface area contributed by atoms with E-state index in [1.165, 1.54) is 0 Å². The van der Waals surface area contributed by atoms with Gasteiger partial charge in [-0.15, -0.1) is 0 Å². The summed E-state index contributed by atoms with van der Waals surface area (Å²) < 4.78 is 5.70. The summed E-state index contributed by atoms with van der Waals surface area (Å²) in [5.74, 6) is 0.756. The van der Waals surface area contributed by atoms with E-state index in [1.54, 1.807) is 24.5 Å². The molecule has 2 aromatic rings. The van der Waals surface area contributed by atoms with E-state index in [1.807, 2.05) is 31.2 Å². The minimum absolute atomic E-state index is 0.0170. The second-order valence-corrected chi connectivity index (χ2v) is 5.48. The van der Waals surface area contributed by atoms with E-state index in [0.29, 0.717) is 24.4 Å². The molecule has 0 radical (unpaired) electrons. The first kappa shape index (κ1) is 16.3. The summed E-state index contributed by atoms with van der Waals surface area (Å²) in [5, 5.41) is 3.55. The standard InChI is InChI=1S/C17H19ClN2O2/c1-13(22-16-5-3-15(18)4-6-16)12-20-17(21)7-2-14-8-10-19-11-9-14/h3-6,8-11,13H,2,7,12H2,1H3,(H,20,21)/t13-/m1/s1. The van der Waals surface area contributed by atoms with E-state index >= 15 is 0 Å². The van der Waals surface area contributed by atoms with Gasteiger partial charge in [-0.25, -0.2) is 0 Å². The highest BCUT2D eigenvalue weighted by atomic mass is 35.5. The Hall–Kier alpha value is -2.07. The maximum absolute atomic E-state index is 11.8. The third kappa shape index (κ3) is 5.74. The number of aromatic nitrogens is 1. The highest BCUT2D eigenvalue weighted by molar-refractivity contribution is 6.30. The fraction of sp³-hybridized carbons (Fsp3) is 0.294. The van der Waals surface area contributed by atoms with Gasteiger partial charge in [-0.05, 0) is 55.3 Å². The molecule has 116 valence electrons. The second kappa shape index (κ2) is 8.39. The van der Waals surface area contributed by atoms with Crippen LogP contribution in [0, 0.1) is 0 Å². The first-order valence-electron chi connectivity index (χ1n) is 7.21. The molecule has 0 aliphatic rings. The molecule has 1 aromatic carbocycles. The van der Waals surface area contributed by atoms with Gasteiger partial charge < -0.3 is 10.1 Å². The summed E-state index contributed by atoms with van der Waals surface area (Å²) in [6.45, 7) is 2.38. The number of nitrogens with one attached hydrogen (secondary N) is 1. The number of pyridine rings is 1. The summed E-state index contributed by atoms with van der Waals surface area (Å²) >= 11 is 5.82. The van der Waals surface area contributed by atoms with Gasteiger partial charge in [0.25, 0.3) is 0 Å². The number of hydrogen-bond acceptors (Lipinski definition) is 3. The second-order valence-electron chi connectivity index (χ2n) is 5.04. The molecule has 0 saturated heterocycles. The normalized spacial score (nSPS) is 11.7. The first-order valence-corrected chi connectivity index (χ1v) is 7.59. The van der Waals surface area contributed by atoms with Crippen molar-refractivity contribution in [1.82, 2.24) is 10.3 Å². The van der Waals surface area contributed by atoms with Crippen LogP contribution in [-0.4, -0.2) is 23.5 Å². The van der Waals surface area contributed by atoms with Crippen molar-refractivity contribution in [1.29, 1.82) is 0 Å². The van der Waals surface area contributed by atoms with Crippen LogP contribution in [0.25, 0.3) is 0 Å². The van der Waals surface area contributed by atoms with Crippen molar-refractivity contribution in [2.24, 2.45) is 0 Å². The highest BCUT2D eigenvalue weighted by Crippen LogP contribution is 2.16. The van der Waals surface area contributed by atoms with Gasteiger partial charge in [0.05, 0.1) is 6.54 Å². The van der Waals surface area contributed by atoms with Crippen molar-refractivity contribution >= 4 is 17.5 Å². The maximum atomic E-state index is 11.8. The first-order chi connectivity index (χ1) is 10.6. The van der Waals surface area contributed by atoms with E-state index in [4.69, 9.17) is 16.3 Å². The Balaban J connectivity index is 1.68. The molecule has 0 saturated carbocycles. The molecule has 0 aliphatic heterocycles. The summed E-state index contributed by atoms with van der Waals surface area (Å²) in [5.41, 5.74) is 1.11. The van der Waals surface area contributed by atoms with E-state index in [0.717, 1.165) is 11.3 Å². The zero-order valence-corrected chi connectivity index (χ0v) is 13.2. The van der Waals surface area contributed by atoms with Crippen LogP contribution < -0.4 is 10.1 Å². The third-order valence-electron chi connectivity index (χ3n) is 3.13. The highest BCUT2D eigenvalue weighted by Gasteiger charge is 2.07. The van der Waals surface area contributed by atoms with Crippen LogP contribution >= 0.6 is 11.6 Å². The quantitative estimate of drug-likeness (QED) is 0.852. The molecule has 0 aliphatic carbocycles. The molecule has 0 spiro atoms. The number of amides is 1. The van der Waals surface area contributed by atoms with Gasteiger partial charge in [-0.3, -0.25) is 9.78 Å². The molecule has 22 heavy (non-hydrogen) atoms. The number of nitrogens with zero attached hydrogens (tertiary/aromatic N) is 1. The number of carbonyl (C=O) groups excluding carboxylic acids is 1. The molecular weight excluding hydrogens is 300 g/mol. The molecule has 1 atom stereocenters. The Bertz CT molecular complexity index is 587. The minimum Gasteiger partial charge on any atom is -0.489 e. The molecule has 1 aromatic heterocycles. The van der Waals surface area contributed by atoms with Crippen LogP contribution in [0.3, 0.4) is 0 Å². The van der Waals surface area contributed by atoms with Crippen molar-refractivity contribution in [2.45, 2.75) is 25.9 Å². The molecule has 5 heteroatoms. The molecule has 4 nitrogen and oxygen atoms in total. The lowest BCUT2D eigenvalue weighted by atomic mass is 10.1. The summed E-state index contributed by atoms with van der Waals surface area (Å²) in [7, 11) is 0. The van der Waals surface area contributed by atoms with Crippen molar-refractivity contribution in [2.75, 3.05) is 6.54 Å². The predicted molar refractivity (Wildman–Crippen MR) is 87.1 cm³/mol. The van der Waals surface area contributed by atoms with Gasteiger partial charge in [-0.1, -0.05) is 11.6 Å². The Morgan fingerprint density at radius 1 is 1.23 bits per heavy atom. The lowest BCUT2D eigenvalue weighted by Gasteiger charge is -2.15. The number of carbonyl (C=O) groups is 1. The minimum atomic E-state index is -0.106. The number of rotatable bonds is 7. The van der Waals surface area contributed by atoms with Crippen molar-refractivity contribution in [3.05, 3.63) is 59.4 Å². The van der Waals surface area contributed by atoms with Crippen molar-refractivity contribution < 1.29 is 9.53 Å². The van der Waals surface area contributed by atoms with Crippen LogP contribution in [0.4, 0.5) is 0 Å². The van der Waals surface area contributed by atoms with E-state index in [2.05, 4.69) is 10.3 Å². The predicted octanol–water partition coefficient (Wildman–Crippen LogP) is 3.25. The monoisotopic (exact) mass is 318 g/mol. The van der Waals surface area contributed by atoms with Gasteiger partial charge in [0.15, 0.2) is 0 Å². The molecule has 1 amide bonds. The Morgan fingerprint density at radius 3 is 2.59 bits per heavy atom. The van der Waals surface area contributed by atoms with E-state index in [-0.39, 0.29) is 12.0 Å². The summed E-state index contributed by atoms with van der Waals surface area (Å²) in [6.07, 6.45) is 4.52. The SMILES string of the molecule is C[C@H](CNC(=O)CCc1ccncc1)Oc1ccc(Cl)cc1. The molecule has 0 unspecified atom stereocenters. The summed E-state index contributed by atoms with van der Waals surface area (Å²) in [6, 6.07) is 11.0. The number of ether oxygens (including phenoxy) is 1. The summed E-state index contributed by atoms with van der Waals surface area (Å²) in [4.78, 5) is 15.8. The van der Waals surface area contributed by atoms with Gasteiger partial charge >= 0.3 is 0 Å².